The largest absolute Gasteiger partial charge is 0.478 e. The molecule has 0 aliphatic heterocycles. The number of benzene rings is 6. The molecule has 184 valence electrons. The van der Waals surface area contributed by atoms with E-state index >= 15 is 0 Å². The molecule has 0 aromatic heterocycles. The van der Waals surface area contributed by atoms with Gasteiger partial charge in [-0.15, -0.1) is 0 Å². The minimum atomic E-state index is -0.918. The molecule has 0 spiro atoms. The number of fused-ring (bicyclic) bond motifs is 2. The van der Waals surface area contributed by atoms with E-state index in [0.717, 1.165) is 28.2 Å². The molecule has 0 bridgehead atoms. The molecule has 0 aliphatic rings. The summed E-state index contributed by atoms with van der Waals surface area (Å²) >= 11 is 0. The van der Waals surface area contributed by atoms with Crippen LogP contribution in [0.3, 0.4) is 0 Å². The SMILES string of the molecule is Cc1ccc2cc(N(c3ccc(-c4ccc(C(=O)O)cc4)cc3)c3cc(C)c4ccccc4c3)ccc2c1. The summed E-state index contributed by atoms with van der Waals surface area (Å²) in [6.45, 7) is 4.28. The lowest BCUT2D eigenvalue weighted by atomic mass is 10.0. The van der Waals surface area contributed by atoms with Crippen LogP contribution in [0.25, 0.3) is 32.7 Å². The molecule has 0 amide bonds. The standard InChI is InChI=1S/C35H27NO2/c1-23-7-8-29-21-32(18-15-28(29)19-23)36(33-20-24(2)34-6-4-3-5-30(34)22-33)31-16-13-26(14-17-31)25-9-11-27(12-10-25)35(37)38/h3-22H,1-2H3,(H,37,38). The Morgan fingerprint density at radius 2 is 1.18 bits per heavy atom. The van der Waals surface area contributed by atoms with Crippen molar-refractivity contribution in [2.45, 2.75) is 13.8 Å². The van der Waals surface area contributed by atoms with Crippen molar-refractivity contribution < 1.29 is 9.90 Å². The normalized spacial score (nSPS) is 11.1. The zero-order valence-electron chi connectivity index (χ0n) is 21.3. The van der Waals surface area contributed by atoms with E-state index in [-0.39, 0.29) is 5.56 Å². The second-order valence-corrected chi connectivity index (χ2v) is 9.78. The van der Waals surface area contributed by atoms with Crippen molar-refractivity contribution in [2.24, 2.45) is 0 Å². The summed E-state index contributed by atoms with van der Waals surface area (Å²) in [6, 6.07) is 41.6. The number of aromatic carboxylic acids is 1. The number of carbonyl (C=O) groups is 1. The molecular weight excluding hydrogens is 466 g/mol. The number of carboxylic acid groups (broad SMARTS) is 1. The van der Waals surface area contributed by atoms with Gasteiger partial charge in [0.05, 0.1) is 5.56 Å². The Kier molecular flexibility index (Phi) is 5.89. The van der Waals surface area contributed by atoms with Crippen LogP contribution >= 0.6 is 0 Å². The zero-order chi connectivity index (χ0) is 26.2. The van der Waals surface area contributed by atoms with Crippen molar-refractivity contribution in [3.63, 3.8) is 0 Å². The van der Waals surface area contributed by atoms with Crippen LogP contribution in [0.4, 0.5) is 17.1 Å². The first kappa shape index (κ1) is 23.5. The number of carboxylic acids is 1. The Hall–Kier alpha value is -4.89. The first-order valence-corrected chi connectivity index (χ1v) is 12.7. The lowest BCUT2D eigenvalue weighted by molar-refractivity contribution is 0.0697. The van der Waals surface area contributed by atoms with Gasteiger partial charge in [-0.3, -0.25) is 0 Å². The number of hydrogen-bond donors (Lipinski definition) is 1. The third-order valence-electron chi connectivity index (χ3n) is 7.14. The quantitative estimate of drug-likeness (QED) is 0.260. The predicted molar refractivity (Wildman–Crippen MR) is 158 cm³/mol. The van der Waals surface area contributed by atoms with Gasteiger partial charge in [0.25, 0.3) is 0 Å². The molecule has 6 rings (SSSR count). The van der Waals surface area contributed by atoms with E-state index in [1.807, 2.05) is 12.1 Å². The Balaban J connectivity index is 1.47. The summed E-state index contributed by atoms with van der Waals surface area (Å²) in [5.41, 5.74) is 8.03. The molecule has 0 fully saturated rings. The summed E-state index contributed by atoms with van der Waals surface area (Å²) in [5, 5.41) is 14.1. The van der Waals surface area contributed by atoms with Gasteiger partial charge in [0.2, 0.25) is 0 Å². The average Bonchev–Trinajstić information content (AvgIpc) is 2.94. The van der Waals surface area contributed by atoms with Crippen LogP contribution in [0.15, 0.2) is 121 Å². The second kappa shape index (κ2) is 9.53. The van der Waals surface area contributed by atoms with E-state index in [1.165, 1.54) is 32.7 Å². The van der Waals surface area contributed by atoms with Crippen LogP contribution in [-0.4, -0.2) is 11.1 Å². The number of nitrogens with zero attached hydrogens (tertiary/aromatic N) is 1. The van der Waals surface area contributed by atoms with Gasteiger partial charge in [0.15, 0.2) is 0 Å². The molecular formula is C35H27NO2. The molecule has 0 atom stereocenters. The van der Waals surface area contributed by atoms with Gasteiger partial charge in [-0.1, -0.05) is 78.4 Å². The molecule has 3 nitrogen and oxygen atoms in total. The van der Waals surface area contributed by atoms with Crippen molar-refractivity contribution in [3.8, 4) is 11.1 Å². The Labute approximate surface area is 222 Å². The predicted octanol–water partition coefficient (Wildman–Crippen LogP) is 9.44. The summed E-state index contributed by atoms with van der Waals surface area (Å²) in [5.74, 6) is -0.918. The van der Waals surface area contributed by atoms with Crippen LogP contribution in [0.5, 0.6) is 0 Å². The smallest absolute Gasteiger partial charge is 0.335 e. The van der Waals surface area contributed by atoms with Gasteiger partial charge in [-0.25, -0.2) is 4.79 Å². The lowest BCUT2D eigenvalue weighted by Gasteiger charge is -2.27. The molecule has 0 heterocycles. The Morgan fingerprint density at radius 1 is 0.579 bits per heavy atom. The fourth-order valence-corrected chi connectivity index (χ4v) is 5.16. The van der Waals surface area contributed by atoms with Gasteiger partial charge >= 0.3 is 5.97 Å². The maximum absolute atomic E-state index is 11.2. The zero-order valence-corrected chi connectivity index (χ0v) is 21.3. The van der Waals surface area contributed by atoms with Crippen molar-refractivity contribution >= 4 is 44.6 Å². The highest BCUT2D eigenvalue weighted by Crippen LogP contribution is 2.39. The van der Waals surface area contributed by atoms with Gasteiger partial charge in [-0.05, 0) is 101 Å². The highest BCUT2D eigenvalue weighted by atomic mass is 16.4. The molecule has 0 saturated carbocycles. The van der Waals surface area contributed by atoms with E-state index in [1.54, 1.807) is 12.1 Å². The summed E-state index contributed by atoms with van der Waals surface area (Å²) in [4.78, 5) is 13.5. The highest BCUT2D eigenvalue weighted by Gasteiger charge is 2.15. The number of anilines is 3. The molecule has 1 N–H and O–H groups in total. The van der Waals surface area contributed by atoms with E-state index in [4.69, 9.17) is 0 Å². The van der Waals surface area contributed by atoms with Gasteiger partial charge in [0, 0.05) is 17.1 Å². The summed E-state index contributed by atoms with van der Waals surface area (Å²) < 4.78 is 0. The van der Waals surface area contributed by atoms with Gasteiger partial charge < -0.3 is 10.0 Å². The van der Waals surface area contributed by atoms with E-state index in [2.05, 4.69) is 116 Å². The lowest BCUT2D eigenvalue weighted by Crippen LogP contribution is -2.10. The molecule has 6 aromatic carbocycles. The third-order valence-corrected chi connectivity index (χ3v) is 7.14. The van der Waals surface area contributed by atoms with Crippen molar-refractivity contribution in [1.29, 1.82) is 0 Å². The Morgan fingerprint density at radius 3 is 1.92 bits per heavy atom. The fourth-order valence-electron chi connectivity index (χ4n) is 5.16. The first-order chi connectivity index (χ1) is 18.5. The third kappa shape index (κ3) is 4.39. The topological polar surface area (TPSA) is 40.5 Å². The molecule has 38 heavy (non-hydrogen) atoms. The van der Waals surface area contributed by atoms with Crippen molar-refractivity contribution in [2.75, 3.05) is 4.90 Å². The van der Waals surface area contributed by atoms with Gasteiger partial charge in [0.1, 0.15) is 0 Å². The number of aryl methyl sites for hydroxylation is 2. The molecule has 0 aliphatic carbocycles. The van der Waals surface area contributed by atoms with Crippen molar-refractivity contribution in [1.82, 2.24) is 0 Å². The summed E-state index contributed by atoms with van der Waals surface area (Å²) in [7, 11) is 0. The average molecular weight is 494 g/mol. The maximum Gasteiger partial charge on any atom is 0.335 e. The van der Waals surface area contributed by atoms with E-state index in [0.29, 0.717) is 0 Å². The van der Waals surface area contributed by atoms with Crippen LogP contribution in [-0.2, 0) is 0 Å². The number of rotatable bonds is 5. The minimum absolute atomic E-state index is 0.287. The first-order valence-electron chi connectivity index (χ1n) is 12.7. The van der Waals surface area contributed by atoms with Crippen LogP contribution in [0.1, 0.15) is 21.5 Å². The maximum atomic E-state index is 11.2. The monoisotopic (exact) mass is 493 g/mol. The highest BCUT2D eigenvalue weighted by molar-refractivity contribution is 5.94. The second-order valence-electron chi connectivity index (χ2n) is 9.78. The minimum Gasteiger partial charge on any atom is -0.478 e. The molecule has 0 unspecified atom stereocenters. The number of hydrogen-bond acceptors (Lipinski definition) is 2. The van der Waals surface area contributed by atoms with Crippen LogP contribution < -0.4 is 4.90 Å². The molecule has 0 radical (unpaired) electrons. The van der Waals surface area contributed by atoms with Crippen LogP contribution in [0, 0.1) is 13.8 Å². The summed E-state index contributed by atoms with van der Waals surface area (Å²) in [6.07, 6.45) is 0. The van der Waals surface area contributed by atoms with Gasteiger partial charge in [-0.2, -0.15) is 0 Å². The van der Waals surface area contributed by atoms with E-state index < -0.39 is 5.97 Å². The molecule has 6 aromatic rings. The fraction of sp³-hybridized carbons (Fsp3) is 0.0571. The van der Waals surface area contributed by atoms with Crippen LogP contribution in [0.2, 0.25) is 0 Å². The Bertz CT molecular complexity index is 1800. The molecule has 0 saturated heterocycles. The molecule has 3 heteroatoms. The van der Waals surface area contributed by atoms with E-state index in [9.17, 15) is 9.90 Å². The van der Waals surface area contributed by atoms with Crippen molar-refractivity contribution in [3.05, 3.63) is 138 Å².